The Kier molecular flexibility index (Phi) is 4.85. The minimum atomic E-state index is -0.866. The maximum Gasteiger partial charge on any atom is 0.323 e. The Morgan fingerprint density at radius 2 is 2.21 bits per heavy atom. The minimum Gasteiger partial charge on any atom is -0.480 e. The molecule has 6 heteroatoms. The van der Waals surface area contributed by atoms with Crippen molar-refractivity contribution in [3.05, 3.63) is 50.1 Å². The van der Waals surface area contributed by atoms with E-state index in [0.717, 1.165) is 15.0 Å². The number of thiophene rings is 1. The van der Waals surface area contributed by atoms with Crippen LogP contribution in [0.15, 0.2) is 39.5 Å². The number of hydrogen-bond acceptors (Lipinski definition) is 3. The van der Waals surface area contributed by atoms with E-state index in [4.69, 9.17) is 16.7 Å². The largest absolute Gasteiger partial charge is 0.480 e. The average Bonchev–Trinajstić information content (AvgIpc) is 2.73. The highest BCUT2D eigenvalue weighted by Gasteiger charge is 2.12. The van der Waals surface area contributed by atoms with Crippen molar-refractivity contribution in [2.45, 2.75) is 6.54 Å². The van der Waals surface area contributed by atoms with Gasteiger partial charge in [-0.05, 0) is 51.1 Å². The van der Waals surface area contributed by atoms with Gasteiger partial charge in [0.2, 0.25) is 0 Å². The molecule has 0 fully saturated rings. The van der Waals surface area contributed by atoms with Crippen LogP contribution in [0.1, 0.15) is 5.56 Å². The van der Waals surface area contributed by atoms with E-state index in [2.05, 4.69) is 15.9 Å². The fraction of sp³-hybridized carbons (Fsp3) is 0.154. The molecule has 0 aliphatic rings. The van der Waals surface area contributed by atoms with Crippen molar-refractivity contribution in [1.82, 2.24) is 0 Å². The molecular formula is C13H11BrClNO2S. The third-order valence-corrected chi connectivity index (χ3v) is 4.28. The van der Waals surface area contributed by atoms with Gasteiger partial charge in [-0.1, -0.05) is 17.7 Å². The molecule has 19 heavy (non-hydrogen) atoms. The summed E-state index contributed by atoms with van der Waals surface area (Å²) in [6, 6.07) is 9.20. The summed E-state index contributed by atoms with van der Waals surface area (Å²) in [6.45, 7) is 0.475. The predicted molar refractivity (Wildman–Crippen MR) is 82.2 cm³/mol. The molecule has 0 unspecified atom stereocenters. The van der Waals surface area contributed by atoms with Gasteiger partial charge in [-0.25, -0.2) is 0 Å². The second kappa shape index (κ2) is 6.41. The molecule has 0 saturated carbocycles. The summed E-state index contributed by atoms with van der Waals surface area (Å²) in [4.78, 5) is 12.8. The van der Waals surface area contributed by atoms with E-state index in [-0.39, 0.29) is 6.54 Å². The third kappa shape index (κ3) is 4.23. The topological polar surface area (TPSA) is 40.5 Å². The molecule has 0 amide bonds. The summed E-state index contributed by atoms with van der Waals surface area (Å²) in [7, 11) is 0. The van der Waals surface area contributed by atoms with Gasteiger partial charge in [-0.3, -0.25) is 4.79 Å². The van der Waals surface area contributed by atoms with Gasteiger partial charge in [0, 0.05) is 17.3 Å². The lowest BCUT2D eigenvalue weighted by molar-refractivity contribution is -0.135. The second-order valence-electron chi connectivity index (χ2n) is 3.99. The first kappa shape index (κ1) is 14.4. The van der Waals surface area contributed by atoms with Crippen LogP contribution in [0.3, 0.4) is 0 Å². The van der Waals surface area contributed by atoms with E-state index < -0.39 is 5.97 Å². The van der Waals surface area contributed by atoms with Crippen molar-refractivity contribution in [3.8, 4) is 0 Å². The number of hydrogen-bond donors (Lipinski definition) is 1. The lowest BCUT2D eigenvalue weighted by Crippen LogP contribution is -2.28. The molecule has 2 aromatic rings. The van der Waals surface area contributed by atoms with Crippen molar-refractivity contribution in [2.75, 3.05) is 11.4 Å². The standard InChI is InChI=1S/C13H11BrClNO2S/c14-12-4-9(8-19-12)6-16(7-13(17)18)11-3-1-2-10(15)5-11/h1-5,8H,6-7H2,(H,17,18). The second-order valence-corrected chi connectivity index (χ2v) is 6.72. The highest BCUT2D eigenvalue weighted by Crippen LogP contribution is 2.25. The smallest absolute Gasteiger partial charge is 0.323 e. The number of carbonyl (C=O) groups is 1. The van der Waals surface area contributed by atoms with Crippen molar-refractivity contribution in [3.63, 3.8) is 0 Å². The molecule has 0 spiro atoms. The van der Waals surface area contributed by atoms with Crippen molar-refractivity contribution >= 4 is 50.5 Å². The molecule has 3 nitrogen and oxygen atoms in total. The zero-order valence-electron chi connectivity index (χ0n) is 9.85. The molecule has 0 aliphatic carbocycles. The molecule has 2 rings (SSSR count). The van der Waals surface area contributed by atoms with Crippen molar-refractivity contribution in [1.29, 1.82) is 0 Å². The molecule has 0 radical (unpaired) electrons. The highest BCUT2D eigenvalue weighted by atomic mass is 79.9. The van der Waals surface area contributed by atoms with E-state index in [1.54, 1.807) is 28.4 Å². The molecular weight excluding hydrogens is 350 g/mol. The lowest BCUT2D eigenvalue weighted by atomic mass is 10.2. The number of carboxylic acid groups (broad SMARTS) is 1. The van der Waals surface area contributed by atoms with Crippen LogP contribution >= 0.6 is 38.9 Å². The summed E-state index contributed by atoms with van der Waals surface area (Å²) in [5.41, 5.74) is 1.87. The Balaban J connectivity index is 2.22. The van der Waals surface area contributed by atoms with Gasteiger partial charge in [0.15, 0.2) is 0 Å². The first-order chi connectivity index (χ1) is 9.04. The number of aliphatic carboxylic acids is 1. The van der Waals surface area contributed by atoms with E-state index >= 15 is 0 Å². The zero-order chi connectivity index (χ0) is 13.8. The van der Waals surface area contributed by atoms with E-state index in [9.17, 15) is 4.79 Å². The third-order valence-electron chi connectivity index (χ3n) is 2.49. The van der Waals surface area contributed by atoms with E-state index in [0.29, 0.717) is 11.6 Å². The number of carboxylic acids is 1. The Morgan fingerprint density at radius 1 is 1.42 bits per heavy atom. The molecule has 1 aromatic carbocycles. The zero-order valence-corrected chi connectivity index (χ0v) is 13.0. The number of nitrogens with zero attached hydrogens (tertiary/aromatic N) is 1. The van der Waals surface area contributed by atoms with Gasteiger partial charge >= 0.3 is 5.97 Å². The quantitative estimate of drug-likeness (QED) is 0.866. The molecule has 0 saturated heterocycles. The van der Waals surface area contributed by atoms with Crippen molar-refractivity contribution < 1.29 is 9.90 Å². The van der Waals surface area contributed by atoms with E-state index in [1.165, 1.54) is 0 Å². The molecule has 0 bridgehead atoms. The van der Waals surface area contributed by atoms with Crippen LogP contribution in [-0.4, -0.2) is 17.6 Å². The Labute approximate surface area is 128 Å². The van der Waals surface area contributed by atoms with Gasteiger partial charge in [0.25, 0.3) is 0 Å². The summed E-state index contributed by atoms with van der Waals surface area (Å²) >= 11 is 10.9. The minimum absolute atomic E-state index is 0.0617. The fourth-order valence-corrected chi connectivity index (χ4v) is 3.11. The first-order valence-corrected chi connectivity index (χ1v) is 7.55. The fourth-order valence-electron chi connectivity index (χ4n) is 1.72. The molecule has 100 valence electrons. The number of halogens is 2. The lowest BCUT2D eigenvalue weighted by Gasteiger charge is -2.22. The average molecular weight is 361 g/mol. The normalized spacial score (nSPS) is 10.4. The van der Waals surface area contributed by atoms with Crippen LogP contribution in [0, 0.1) is 0 Å². The van der Waals surface area contributed by atoms with Crippen LogP contribution in [-0.2, 0) is 11.3 Å². The summed E-state index contributed by atoms with van der Waals surface area (Å²) in [6.07, 6.45) is 0. The number of rotatable bonds is 5. The van der Waals surface area contributed by atoms with E-state index in [1.807, 2.05) is 23.6 Å². The maximum absolute atomic E-state index is 11.0. The Hall–Kier alpha value is -1.04. The van der Waals surface area contributed by atoms with Gasteiger partial charge in [0.05, 0.1) is 3.79 Å². The monoisotopic (exact) mass is 359 g/mol. The van der Waals surface area contributed by atoms with Crippen LogP contribution in [0.4, 0.5) is 5.69 Å². The van der Waals surface area contributed by atoms with Crippen LogP contribution < -0.4 is 4.90 Å². The van der Waals surface area contributed by atoms with Gasteiger partial charge in [-0.2, -0.15) is 0 Å². The Bertz CT molecular complexity index is 588. The molecule has 1 heterocycles. The number of anilines is 1. The van der Waals surface area contributed by atoms with Gasteiger partial charge in [-0.15, -0.1) is 11.3 Å². The predicted octanol–water partition coefficient (Wildman–Crippen LogP) is 4.26. The number of benzene rings is 1. The SMILES string of the molecule is O=C(O)CN(Cc1csc(Br)c1)c1cccc(Cl)c1. The van der Waals surface area contributed by atoms with Gasteiger partial charge in [0.1, 0.15) is 6.54 Å². The highest BCUT2D eigenvalue weighted by molar-refractivity contribution is 9.11. The maximum atomic E-state index is 11.0. The molecule has 0 atom stereocenters. The Morgan fingerprint density at radius 3 is 2.79 bits per heavy atom. The molecule has 1 N–H and O–H groups in total. The molecule has 1 aromatic heterocycles. The first-order valence-electron chi connectivity index (χ1n) is 5.50. The van der Waals surface area contributed by atoms with Crippen molar-refractivity contribution in [2.24, 2.45) is 0 Å². The summed E-state index contributed by atoms with van der Waals surface area (Å²) in [5.74, 6) is -0.866. The molecule has 0 aliphatic heterocycles. The van der Waals surface area contributed by atoms with Crippen LogP contribution in [0.5, 0.6) is 0 Å². The summed E-state index contributed by atoms with van der Waals surface area (Å²) in [5, 5.41) is 11.6. The van der Waals surface area contributed by atoms with Gasteiger partial charge < -0.3 is 10.0 Å². The van der Waals surface area contributed by atoms with Crippen LogP contribution in [0.25, 0.3) is 0 Å². The summed E-state index contributed by atoms with van der Waals surface area (Å²) < 4.78 is 1.03. The van der Waals surface area contributed by atoms with Crippen LogP contribution in [0.2, 0.25) is 5.02 Å².